The normalized spacial score (nSPS) is 13.1. The maximum atomic E-state index is 13.2. The number of unbranched alkanes of at least 4 members (excludes halogenated alkanes) is 22. The molecule has 9 nitrogen and oxygen atoms in total. The van der Waals surface area contributed by atoms with Gasteiger partial charge in [-0.15, -0.1) is 0 Å². The lowest BCUT2D eigenvalue weighted by molar-refractivity contribution is -0.171. The van der Waals surface area contributed by atoms with E-state index in [2.05, 4.69) is 13.8 Å². The Morgan fingerprint density at radius 3 is 1.18 bits per heavy atom. The Balaban J connectivity index is 1.83. The predicted molar refractivity (Wildman–Crippen MR) is 244 cm³/mol. The molecule has 0 bridgehead atoms. The maximum Gasteiger partial charge on any atom is 0.330 e. The Morgan fingerprint density at radius 1 is 0.500 bits per heavy atom. The highest BCUT2D eigenvalue weighted by Gasteiger charge is 2.38. The average molecular weight is 859 g/mol. The van der Waals surface area contributed by atoms with Gasteiger partial charge < -0.3 is 18.9 Å². The van der Waals surface area contributed by atoms with Gasteiger partial charge in [-0.2, -0.15) is 8.42 Å². The highest BCUT2D eigenvalue weighted by molar-refractivity contribution is 7.87. The third kappa shape index (κ3) is 24.4. The summed E-state index contributed by atoms with van der Waals surface area (Å²) in [5, 5.41) is -2.19. The van der Waals surface area contributed by atoms with Gasteiger partial charge in [-0.05, 0) is 48.9 Å². The number of ether oxygens (including phenoxy) is 4. The van der Waals surface area contributed by atoms with Gasteiger partial charge in [-0.25, -0.2) is 0 Å². The molecule has 60 heavy (non-hydrogen) atoms. The summed E-state index contributed by atoms with van der Waals surface area (Å²) >= 11 is 0. The van der Waals surface area contributed by atoms with Crippen molar-refractivity contribution >= 4 is 22.1 Å². The van der Waals surface area contributed by atoms with Crippen LogP contribution in [-0.2, 0) is 42.0 Å². The standard InChI is InChI=1S/C50H82O9S/c1-5-9-11-13-15-17-19-21-23-25-27-29-35-42-37-31-33-39-44(42)56-48(7-3)58-47(51)41-46(60(53,54)55)50(52)59-49(8-4)57-45-40-34-32-38-43(45)36-30-28-26-24-22-20-18-16-14-12-10-6-2/h31-34,37-40,46,48-49H,5-30,35-36,41H2,1-4H3,(H,53,54,55). The minimum atomic E-state index is -5.03. The van der Waals surface area contributed by atoms with E-state index in [-0.39, 0.29) is 12.8 Å². The molecule has 3 atom stereocenters. The van der Waals surface area contributed by atoms with Gasteiger partial charge in [0.1, 0.15) is 11.5 Å². The van der Waals surface area contributed by atoms with Gasteiger partial charge in [0.05, 0.1) is 6.42 Å². The van der Waals surface area contributed by atoms with Crippen molar-refractivity contribution in [2.24, 2.45) is 0 Å². The highest BCUT2D eigenvalue weighted by Crippen LogP contribution is 2.26. The molecule has 0 amide bonds. The smallest absolute Gasteiger partial charge is 0.330 e. The monoisotopic (exact) mass is 859 g/mol. The van der Waals surface area contributed by atoms with Crippen molar-refractivity contribution < 1.29 is 41.5 Å². The third-order valence-corrected chi connectivity index (χ3v) is 12.3. The summed E-state index contributed by atoms with van der Waals surface area (Å²) in [6.45, 7) is 8.01. The second-order valence-corrected chi connectivity index (χ2v) is 18.1. The topological polar surface area (TPSA) is 125 Å². The number of esters is 2. The highest BCUT2D eigenvalue weighted by atomic mass is 32.2. The summed E-state index contributed by atoms with van der Waals surface area (Å²) in [6.07, 6.45) is 29.4. The fourth-order valence-corrected chi connectivity index (χ4v) is 8.14. The lowest BCUT2D eigenvalue weighted by Crippen LogP contribution is -2.38. The second kappa shape index (κ2) is 33.5. The molecule has 2 rings (SSSR count). The summed E-state index contributed by atoms with van der Waals surface area (Å²) in [5.74, 6) is -1.17. The molecule has 0 saturated heterocycles. The fraction of sp³-hybridized carbons (Fsp3) is 0.720. The van der Waals surface area contributed by atoms with Crippen LogP contribution in [0, 0.1) is 0 Å². The van der Waals surface area contributed by atoms with Crippen LogP contribution in [0.1, 0.15) is 212 Å². The van der Waals surface area contributed by atoms with E-state index in [4.69, 9.17) is 18.9 Å². The van der Waals surface area contributed by atoms with E-state index in [9.17, 15) is 22.6 Å². The molecule has 2 aromatic rings. The Labute approximate surface area is 365 Å². The molecule has 1 N–H and O–H groups in total. The first kappa shape index (κ1) is 53.0. The van der Waals surface area contributed by atoms with E-state index in [1.165, 1.54) is 128 Å². The van der Waals surface area contributed by atoms with Crippen LogP contribution < -0.4 is 9.47 Å². The van der Waals surface area contributed by atoms with E-state index in [1.807, 2.05) is 42.5 Å². The Hall–Kier alpha value is -3.11. The zero-order valence-electron chi connectivity index (χ0n) is 38.0. The lowest BCUT2D eigenvalue weighted by atomic mass is 10.0. The predicted octanol–water partition coefficient (Wildman–Crippen LogP) is 13.8. The molecule has 0 aromatic heterocycles. The molecule has 2 aromatic carbocycles. The van der Waals surface area contributed by atoms with Crippen LogP contribution in [0.25, 0.3) is 0 Å². The molecule has 10 heteroatoms. The van der Waals surface area contributed by atoms with Gasteiger partial charge in [0.25, 0.3) is 10.1 Å². The molecule has 0 saturated carbocycles. The van der Waals surface area contributed by atoms with Gasteiger partial charge in [0.2, 0.25) is 12.6 Å². The van der Waals surface area contributed by atoms with Crippen LogP contribution in [0.3, 0.4) is 0 Å². The number of carbonyl (C=O) groups is 2. The van der Waals surface area contributed by atoms with Crippen molar-refractivity contribution in [3.05, 3.63) is 59.7 Å². The van der Waals surface area contributed by atoms with Crippen molar-refractivity contribution in [1.29, 1.82) is 0 Å². The Morgan fingerprint density at radius 2 is 0.833 bits per heavy atom. The van der Waals surface area contributed by atoms with Crippen LogP contribution in [-0.4, -0.2) is 42.7 Å². The summed E-state index contributed by atoms with van der Waals surface area (Å²) in [7, 11) is -5.03. The molecule has 342 valence electrons. The van der Waals surface area contributed by atoms with Gasteiger partial charge >= 0.3 is 11.9 Å². The van der Waals surface area contributed by atoms with Crippen molar-refractivity contribution in [2.45, 2.75) is 232 Å². The zero-order valence-corrected chi connectivity index (χ0v) is 38.8. The van der Waals surface area contributed by atoms with Crippen LogP contribution in [0.4, 0.5) is 0 Å². The van der Waals surface area contributed by atoms with Crippen LogP contribution >= 0.6 is 0 Å². The Bertz CT molecular complexity index is 1510. The molecule has 0 radical (unpaired) electrons. The van der Waals surface area contributed by atoms with Gasteiger partial charge in [0.15, 0.2) is 5.25 Å². The SMILES string of the molecule is CCCCCCCCCCCCCCc1ccccc1OC(CC)OC(=O)CC(C(=O)OC(CC)Oc1ccccc1CCCCCCCCCCCCCC)S(=O)(=O)O. The third-order valence-electron chi connectivity index (χ3n) is 11.2. The number of hydrogen-bond acceptors (Lipinski definition) is 8. The van der Waals surface area contributed by atoms with Crippen LogP contribution in [0.15, 0.2) is 48.5 Å². The molecule has 0 aliphatic carbocycles. The van der Waals surface area contributed by atoms with E-state index in [0.29, 0.717) is 11.5 Å². The first-order valence-corrected chi connectivity index (χ1v) is 25.5. The molecule has 0 heterocycles. The number of benzene rings is 2. The first-order valence-electron chi connectivity index (χ1n) is 24.0. The van der Waals surface area contributed by atoms with Gasteiger partial charge in [0, 0.05) is 12.8 Å². The van der Waals surface area contributed by atoms with E-state index in [1.54, 1.807) is 19.9 Å². The first-order chi connectivity index (χ1) is 29.1. The second-order valence-electron chi connectivity index (χ2n) is 16.5. The summed E-state index contributed by atoms with van der Waals surface area (Å²) in [5.41, 5.74) is 1.97. The van der Waals surface area contributed by atoms with Crippen LogP contribution in [0.2, 0.25) is 0 Å². The minimum Gasteiger partial charge on any atom is -0.455 e. The van der Waals surface area contributed by atoms with Gasteiger partial charge in [-0.1, -0.05) is 205 Å². The fourth-order valence-electron chi connectivity index (χ4n) is 7.49. The summed E-state index contributed by atoms with van der Waals surface area (Å²) < 4.78 is 58.0. The van der Waals surface area contributed by atoms with E-state index in [0.717, 1.165) is 49.7 Å². The number of carbonyl (C=O) groups excluding carboxylic acids is 2. The molecule has 0 fully saturated rings. The number of hydrogen-bond donors (Lipinski definition) is 1. The van der Waals surface area contributed by atoms with E-state index >= 15 is 0 Å². The lowest BCUT2D eigenvalue weighted by Gasteiger charge is -2.23. The molecule has 0 aliphatic rings. The maximum absolute atomic E-state index is 13.2. The number of para-hydroxylation sites is 2. The van der Waals surface area contributed by atoms with Gasteiger partial charge in [-0.3, -0.25) is 14.1 Å². The Kier molecular flexibility index (Phi) is 29.6. The molecule has 0 aliphatic heterocycles. The molecule has 0 spiro atoms. The summed E-state index contributed by atoms with van der Waals surface area (Å²) in [6, 6.07) is 15.2. The van der Waals surface area contributed by atoms with Crippen molar-refractivity contribution in [3.8, 4) is 11.5 Å². The number of rotatable bonds is 38. The zero-order chi connectivity index (χ0) is 43.7. The van der Waals surface area contributed by atoms with E-state index < -0.39 is 46.3 Å². The van der Waals surface area contributed by atoms with Crippen molar-refractivity contribution in [1.82, 2.24) is 0 Å². The van der Waals surface area contributed by atoms with Crippen molar-refractivity contribution in [3.63, 3.8) is 0 Å². The molecular weight excluding hydrogens is 777 g/mol. The number of aryl methyl sites for hydroxylation is 2. The van der Waals surface area contributed by atoms with Crippen LogP contribution in [0.5, 0.6) is 11.5 Å². The van der Waals surface area contributed by atoms with Crippen molar-refractivity contribution in [2.75, 3.05) is 0 Å². The summed E-state index contributed by atoms with van der Waals surface area (Å²) in [4.78, 5) is 26.3. The molecular formula is C50H82O9S. The molecule has 3 unspecified atom stereocenters. The minimum absolute atomic E-state index is 0.214. The average Bonchev–Trinajstić information content (AvgIpc) is 3.23. The largest absolute Gasteiger partial charge is 0.455 e. The quantitative estimate of drug-likeness (QED) is 0.0304.